The van der Waals surface area contributed by atoms with Crippen molar-refractivity contribution in [1.29, 1.82) is 0 Å². The molecule has 0 spiro atoms. The number of aromatic nitrogens is 1. The molecular formula is C8H12N2. The molecule has 0 bridgehead atoms. The van der Waals surface area contributed by atoms with Gasteiger partial charge in [-0.3, -0.25) is 4.98 Å². The minimum Gasteiger partial charge on any atom is -0.378 e. The fourth-order valence-electron chi connectivity index (χ4n) is 0.809. The van der Waals surface area contributed by atoms with Crippen LogP contribution in [0.3, 0.4) is 0 Å². The van der Waals surface area contributed by atoms with Crippen LogP contribution in [0.15, 0.2) is 18.3 Å². The lowest BCUT2D eigenvalue weighted by molar-refractivity contribution is 1.10. The third kappa shape index (κ3) is 1.47. The molecule has 0 saturated carbocycles. The van der Waals surface area contributed by atoms with Gasteiger partial charge in [0, 0.05) is 31.7 Å². The molecule has 0 aliphatic heterocycles. The molecular weight excluding hydrogens is 124 g/mol. The molecule has 0 unspecified atom stereocenters. The predicted molar refractivity (Wildman–Crippen MR) is 43.3 cm³/mol. The Balaban J connectivity index is 2.96. The van der Waals surface area contributed by atoms with Crippen molar-refractivity contribution in [2.75, 3.05) is 19.0 Å². The van der Waals surface area contributed by atoms with Crippen LogP contribution in [0.2, 0.25) is 0 Å². The van der Waals surface area contributed by atoms with Crippen molar-refractivity contribution in [2.45, 2.75) is 6.92 Å². The van der Waals surface area contributed by atoms with Gasteiger partial charge in [-0.2, -0.15) is 0 Å². The second kappa shape index (κ2) is 2.69. The Labute approximate surface area is 61.5 Å². The summed E-state index contributed by atoms with van der Waals surface area (Å²) in [6, 6.07) is 4.05. The van der Waals surface area contributed by atoms with Crippen LogP contribution in [-0.4, -0.2) is 19.1 Å². The van der Waals surface area contributed by atoms with Gasteiger partial charge < -0.3 is 4.90 Å². The highest BCUT2D eigenvalue weighted by atomic mass is 15.1. The molecule has 1 heterocycles. The molecule has 0 amide bonds. The summed E-state index contributed by atoms with van der Waals surface area (Å²) in [4.78, 5) is 6.16. The highest BCUT2D eigenvalue weighted by Gasteiger charge is 1.92. The third-order valence-electron chi connectivity index (χ3n) is 1.40. The average Bonchev–Trinajstić information content (AvgIpc) is 1.88. The number of anilines is 1. The summed E-state index contributed by atoms with van der Waals surface area (Å²) in [6.45, 7) is 1.99. The first-order chi connectivity index (χ1) is 4.70. The number of pyridine rings is 1. The topological polar surface area (TPSA) is 16.1 Å². The highest BCUT2D eigenvalue weighted by molar-refractivity contribution is 5.44. The second-order valence-electron chi connectivity index (χ2n) is 2.55. The highest BCUT2D eigenvalue weighted by Crippen LogP contribution is 2.09. The van der Waals surface area contributed by atoms with Crippen LogP contribution in [0, 0.1) is 6.92 Å². The molecule has 0 atom stereocenters. The minimum atomic E-state index is 1.06. The van der Waals surface area contributed by atoms with Gasteiger partial charge in [0.05, 0.1) is 0 Å². The van der Waals surface area contributed by atoms with Crippen molar-refractivity contribution in [3.05, 3.63) is 24.0 Å². The van der Waals surface area contributed by atoms with Crippen molar-refractivity contribution in [3.8, 4) is 0 Å². The molecule has 0 radical (unpaired) electrons. The SMILES string of the molecule is Cc1cc(N(C)C)ccn1. The lowest BCUT2D eigenvalue weighted by Crippen LogP contribution is -2.08. The maximum atomic E-state index is 4.10. The molecule has 2 nitrogen and oxygen atoms in total. The standard InChI is InChI=1S/C8H12N2/c1-7-6-8(10(2)3)4-5-9-7/h4-6H,1-3H3. The van der Waals surface area contributed by atoms with Crippen LogP contribution < -0.4 is 4.90 Å². The number of hydrogen-bond acceptors (Lipinski definition) is 2. The summed E-state index contributed by atoms with van der Waals surface area (Å²) < 4.78 is 0. The molecule has 54 valence electrons. The first kappa shape index (κ1) is 7.06. The zero-order valence-electron chi connectivity index (χ0n) is 6.63. The molecule has 2 heteroatoms. The van der Waals surface area contributed by atoms with E-state index in [1.165, 1.54) is 5.69 Å². The zero-order chi connectivity index (χ0) is 7.56. The van der Waals surface area contributed by atoms with Gasteiger partial charge in [0.25, 0.3) is 0 Å². The van der Waals surface area contributed by atoms with Gasteiger partial charge in [-0.25, -0.2) is 0 Å². The fourth-order valence-corrected chi connectivity index (χ4v) is 0.809. The van der Waals surface area contributed by atoms with E-state index in [-0.39, 0.29) is 0 Å². The Bertz CT molecular complexity index is 218. The van der Waals surface area contributed by atoms with Crippen LogP contribution in [0.1, 0.15) is 5.69 Å². The Hall–Kier alpha value is -1.05. The molecule has 0 N–H and O–H groups in total. The van der Waals surface area contributed by atoms with Crippen LogP contribution in [0.5, 0.6) is 0 Å². The molecule has 10 heavy (non-hydrogen) atoms. The van der Waals surface area contributed by atoms with Crippen LogP contribution in [0.25, 0.3) is 0 Å². The van der Waals surface area contributed by atoms with E-state index in [0.29, 0.717) is 0 Å². The Morgan fingerprint density at radius 2 is 2.10 bits per heavy atom. The van der Waals surface area contributed by atoms with E-state index in [0.717, 1.165) is 5.69 Å². The van der Waals surface area contributed by atoms with Crippen LogP contribution in [-0.2, 0) is 0 Å². The van der Waals surface area contributed by atoms with Crippen molar-refractivity contribution >= 4 is 5.69 Å². The largest absolute Gasteiger partial charge is 0.378 e. The summed E-state index contributed by atoms with van der Waals surface area (Å²) in [5.41, 5.74) is 2.26. The summed E-state index contributed by atoms with van der Waals surface area (Å²) >= 11 is 0. The molecule has 0 saturated heterocycles. The fraction of sp³-hybridized carbons (Fsp3) is 0.375. The summed E-state index contributed by atoms with van der Waals surface area (Å²) in [5, 5.41) is 0. The maximum absolute atomic E-state index is 4.10. The van der Waals surface area contributed by atoms with Crippen molar-refractivity contribution in [3.63, 3.8) is 0 Å². The van der Waals surface area contributed by atoms with E-state index in [9.17, 15) is 0 Å². The van der Waals surface area contributed by atoms with E-state index in [2.05, 4.69) is 16.0 Å². The van der Waals surface area contributed by atoms with Gasteiger partial charge in [0.2, 0.25) is 0 Å². The minimum absolute atomic E-state index is 1.06. The number of nitrogens with zero attached hydrogens (tertiary/aromatic N) is 2. The summed E-state index contributed by atoms with van der Waals surface area (Å²) in [6.07, 6.45) is 1.82. The molecule has 1 aromatic rings. The quantitative estimate of drug-likeness (QED) is 0.581. The van der Waals surface area contributed by atoms with Crippen molar-refractivity contribution in [2.24, 2.45) is 0 Å². The third-order valence-corrected chi connectivity index (χ3v) is 1.40. The lowest BCUT2D eigenvalue weighted by Gasteiger charge is -2.11. The van der Waals surface area contributed by atoms with Crippen molar-refractivity contribution in [1.82, 2.24) is 4.98 Å². The van der Waals surface area contributed by atoms with Gasteiger partial charge in [0.1, 0.15) is 0 Å². The van der Waals surface area contributed by atoms with Crippen molar-refractivity contribution < 1.29 is 0 Å². The number of hydrogen-bond donors (Lipinski definition) is 0. The van der Waals surface area contributed by atoms with Gasteiger partial charge in [-0.15, -0.1) is 0 Å². The summed E-state index contributed by atoms with van der Waals surface area (Å²) in [7, 11) is 4.05. The van der Waals surface area contributed by atoms with Crippen LogP contribution in [0.4, 0.5) is 5.69 Å². The van der Waals surface area contributed by atoms with E-state index < -0.39 is 0 Å². The molecule has 1 aromatic heterocycles. The smallest absolute Gasteiger partial charge is 0.0394 e. The lowest BCUT2D eigenvalue weighted by atomic mass is 10.3. The molecule has 0 aromatic carbocycles. The van der Waals surface area contributed by atoms with E-state index in [1.54, 1.807) is 0 Å². The molecule has 0 aliphatic rings. The Morgan fingerprint density at radius 3 is 2.50 bits per heavy atom. The molecule has 0 aliphatic carbocycles. The van der Waals surface area contributed by atoms with Gasteiger partial charge in [-0.1, -0.05) is 0 Å². The first-order valence-corrected chi connectivity index (χ1v) is 3.30. The average molecular weight is 136 g/mol. The first-order valence-electron chi connectivity index (χ1n) is 3.30. The van der Waals surface area contributed by atoms with E-state index in [4.69, 9.17) is 0 Å². The second-order valence-corrected chi connectivity index (χ2v) is 2.55. The Kier molecular flexibility index (Phi) is 1.90. The monoisotopic (exact) mass is 136 g/mol. The van der Waals surface area contributed by atoms with Crippen LogP contribution >= 0.6 is 0 Å². The summed E-state index contributed by atoms with van der Waals surface area (Å²) in [5.74, 6) is 0. The zero-order valence-corrected chi connectivity index (χ0v) is 6.63. The molecule has 1 rings (SSSR count). The predicted octanol–water partition coefficient (Wildman–Crippen LogP) is 1.46. The Morgan fingerprint density at radius 1 is 1.40 bits per heavy atom. The maximum Gasteiger partial charge on any atom is 0.0394 e. The van der Waals surface area contributed by atoms with Gasteiger partial charge in [0.15, 0.2) is 0 Å². The number of aryl methyl sites for hydroxylation is 1. The van der Waals surface area contributed by atoms with Gasteiger partial charge in [-0.05, 0) is 19.1 Å². The van der Waals surface area contributed by atoms with E-state index >= 15 is 0 Å². The van der Waals surface area contributed by atoms with E-state index in [1.807, 2.05) is 33.3 Å². The number of rotatable bonds is 1. The van der Waals surface area contributed by atoms with Gasteiger partial charge >= 0.3 is 0 Å². The molecule has 0 fully saturated rings. The normalized spacial score (nSPS) is 9.50.